The van der Waals surface area contributed by atoms with Gasteiger partial charge in [0.2, 0.25) is 0 Å². The molecule has 0 amide bonds. The Morgan fingerprint density at radius 2 is 2.08 bits per heavy atom. The Morgan fingerprint density at radius 3 is 2.67 bits per heavy atom. The minimum atomic E-state index is 0.415. The summed E-state index contributed by atoms with van der Waals surface area (Å²) >= 11 is 1.82. The summed E-state index contributed by atoms with van der Waals surface area (Å²) in [4.78, 5) is 0. The number of phenols is 1. The molecule has 1 rings (SSSR count). The molecule has 0 aliphatic carbocycles. The van der Waals surface area contributed by atoms with Crippen LogP contribution in [0.3, 0.4) is 0 Å². The van der Waals surface area contributed by atoms with E-state index in [-0.39, 0.29) is 0 Å². The van der Waals surface area contributed by atoms with Gasteiger partial charge in [-0.15, -0.1) is 0 Å². The number of benzene rings is 1. The van der Waals surface area contributed by atoms with E-state index in [0.717, 1.165) is 12.0 Å². The molecular weight excluding hydrogens is 168 g/mol. The molecule has 0 radical (unpaired) electrons. The van der Waals surface area contributed by atoms with Crippen LogP contribution in [0, 0.1) is 0 Å². The van der Waals surface area contributed by atoms with Crippen molar-refractivity contribution in [2.45, 2.75) is 18.6 Å². The number of rotatable bonds is 3. The van der Waals surface area contributed by atoms with E-state index in [1.54, 1.807) is 6.07 Å². The highest BCUT2D eigenvalue weighted by atomic mass is 32.2. The second-order valence-electron chi connectivity index (χ2n) is 2.88. The predicted molar refractivity (Wildman–Crippen MR) is 54.8 cm³/mol. The molecule has 66 valence electrons. The van der Waals surface area contributed by atoms with Crippen molar-refractivity contribution < 1.29 is 5.11 Å². The Labute approximate surface area is 77.8 Å². The Morgan fingerprint density at radius 1 is 1.42 bits per heavy atom. The standard InChI is InChI=1S/C10H14OS/c1-8(12-2)7-9-5-3-4-6-10(9)11/h3-6,8,11H,7H2,1-2H3. The Balaban J connectivity index is 2.69. The molecule has 0 heterocycles. The molecule has 1 unspecified atom stereocenters. The van der Waals surface area contributed by atoms with Gasteiger partial charge in [-0.25, -0.2) is 0 Å². The molecule has 1 aromatic carbocycles. The third-order valence-corrected chi connectivity index (χ3v) is 2.87. The molecule has 0 spiro atoms. The smallest absolute Gasteiger partial charge is 0.118 e. The van der Waals surface area contributed by atoms with Crippen LogP contribution in [0.2, 0.25) is 0 Å². The summed E-state index contributed by atoms with van der Waals surface area (Å²) < 4.78 is 0. The van der Waals surface area contributed by atoms with Crippen LogP contribution in [0.5, 0.6) is 5.75 Å². The Kier molecular flexibility index (Phi) is 3.48. The third kappa shape index (κ3) is 2.45. The van der Waals surface area contributed by atoms with E-state index < -0.39 is 0 Å². The fourth-order valence-corrected chi connectivity index (χ4v) is 1.42. The van der Waals surface area contributed by atoms with Crippen molar-refractivity contribution in [1.29, 1.82) is 0 Å². The van der Waals surface area contributed by atoms with Gasteiger partial charge in [0, 0.05) is 5.25 Å². The zero-order chi connectivity index (χ0) is 8.97. The Hall–Kier alpha value is -0.630. The lowest BCUT2D eigenvalue weighted by Crippen LogP contribution is -2.00. The van der Waals surface area contributed by atoms with Crippen molar-refractivity contribution in [2.24, 2.45) is 0 Å². The molecule has 1 atom stereocenters. The quantitative estimate of drug-likeness (QED) is 0.775. The summed E-state index contributed by atoms with van der Waals surface area (Å²) in [7, 11) is 0. The van der Waals surface area contributed by atoms with Crippen LogP contribution in [-0.4, -0.2) is 16.6 Å². The zero-order valence-corrected chi connectivity index (χ0v) is 8.27. The van der Waals surface area contributed by atoms with Gasteiger partial charge in [-0.05, 0) is 24.3 Å². The van der Waals surface area contributed by atoms with Crippen molar-refractivity contribution in [2.75, 3.05) is 6.26 Å². The van der Waals surface area contributed by atoms with Crippen LogP contribution in [0.25, 0.3) is 0 Å². The van der Waals surface area contributed by atoms with Crippen molar-refractivity contribution in [1.82, 2.24) is 0 Å². The number of aromatic hydroxyl groups is 1. The summed E-state index contributed by atoms with van der Waals surface area (Å²) in [5.74, 6) is 0.415. The first-order valence-corrected chi connectivity index (χ1v) is 5.32. The van der Waals surface area contributed by atoms with E-state index in [1.165, 1.54) is 0 Å². The molecule has 12 heavy (non-hydrogen) atoms. The van der Waals surface area contributed by atoms with E-state index in [0.29, 0.717) is 11.0 Å². The molecule has 0 saturated carbocycles. The largest absolute Gasteiger partial charge is 0.508 e. The van der Waals surface area contributed by atoms with Gasteiger partial charge in [-0.3, -0.25) is 0 Å². The van der Waals surface area contributed by atoms with Gasteiger partial charge in [0.25, 0.3) is 0 Å². The molecule has 1 nitrogen and oxygen atoms in total. The first-order chi connectivity index (χ1) is 5.74. The van der Waals surface area contributed by atoms with Gasteiger partial charge in [0.05, 0.1) is 0 Å². The van der Waals surface area contributed by atoms with Gasteiger partial charge in [-0.1, -0.05) is 25.1 Å². The maximum absolute atomic E-state index is 9.45. The number of para-hydroxylation sites is 1. The monoisotopic (exact) mass is 182 g/mol. The van der Waals surface area contributed by atoms with Crippen LogP contribution in [0.15, 0.2) is 24.3 Å². The van der Waals surface area contributed by atoms with Crippen LogP contribution in [-0.2, 0) is 6.42 Å². The van der Waals surface area contributed by atoms with Crippen LogP contribution in [0.1, 0.15) is 12.5 Å². The second kappa shape index (κ2) is 4.41. The van der Waals surface area contributed by atoms with E-state index in [4.69, 9.17) is 0 Å². The Bertz CT molecular complexity index is 247. The van der Waals surface area contributed by atoms with E-state index >= 15 is 0 Å². The lowest BCUT2D eigenvalue weighted by molar-refractivity contribution is 0.468. The van der Waals surface area contributed by atoms with Gasteiger partial charge in [0.15, 0.2) is 0 Å². The SMILES string of the molecule is CSC(C)Cc1ccccc1O. The molecular formula is C10H14OS. The lowest BCUT2D eigenvalue weighted by Gasteiger charge is -2.08. The van der Waals surface area contributed by atoms with Crippen LogP contribution in [0.4, 0.5) is 0 Å². The first-order valence-electron chi connectivity index (χ1n) is 4.03. The highest BCUT2D eigenvalue weighted by Gasteiger charge is 2.04. The number of hydrogen-bond donors (Lipinski definition) is 1. The van der Waals surface area contributed by atoms with Crippen molar-refractivity contribution >= 4 is 11.8 Å². The molecule has 0 fully saturated rings. The van der Waals surface area contributed by atoms with Crippen LogP contribution >= 0.6 is 11.8 Å². The fraction of sp³-hybridized carbons (Fsp3) is 0.400. The summed E-state index contributed by atoms with van der Waals surface area (Å²) in [6.45, 7) is 2.16. The molecule has 0 aromatic heterocycles. The summed E-state index contributed by atoms with van der Waals surface area (Å²) in [6.07, 6.45) is 3.03. The highest BCUT2D eigenvalue weighted by Crippen LogP contribution is 2.20. The van der Waals surface area contributed by atoms with Gasteiger partial charge in [-0.2, -0.15) is 11.8 Å². The molecule has 0 aliphatic rings. The van der Waals surface area contributed by atoms with Gasteiger partial charge >= 0.3 is 0 Å². The zero-order valence-electron chi connectivity index (χ0n) is 7.45. The van der Waals surface area contributed by atoms with Gasteiger partial charge < -0.3 is 5.11 Å². The lowest BCUT2D eigenvalue weighted by atomic mass is 10.1. The molecule has 1 N–H and O–H groups in total. The summed E-state index contributed by atoms with van der Waals surface area (Å²) in [6, 6.07) is 7.52. The number of hydrogen-bond acceptors (Lipinski definition) is 2. The minimum Gasteiger partial charge on any atom is -0.508 e. The fourth-order valence-electron chi connectivity index (χ4n) is 1.08. The molecule has 0 saturated heterocycles. The molecule has 2 heteroatoms. The van der Waals surface area contributed by atoms with Crippen molar-refractivity contribution in [3.8, 4) is 5.75 Å². The minimum absolute atomic E-state index is 0.415. The predicted octanol–water partition coefficient (Wildman–Crippen LogP) is 2.69. The third-order valence-electron chi connectivity index (χ3n) is 1.90. The van der Waals surface area contributed by atoms with Crippen molar-refractivity contribution in [3.63, 3.8) is 0 Å². The maximum atomic E-state index is 9.45. The summed E-state index contributed by atoms with van der Waals surface area (Å²) in [5.41, 5.74) is 1.04. The number of thioether (sulfide) groups is 1. The average molecular weight is 182 g/mol. The van der Waals surface area contributed by atoms with E-state index in [9.17, 15) is 5.11 Å². The maximum Gasteiger partial charge on any atom is 0.118 e. The second-order valence-corrected chi connectivity index (χ2v) is 4.16. The number of phenolic OH excluding ortho intramolecular Hbond substituents is 1. The molecule has 0 bridgehead atoms. The summed E-state index contributed by atoms with van der Waals surface area (Å²) in [5, 5.41) is 10.0. The van der Waals surface area contributed by atoms with E-state index in [1.807, 2.05) is 30.0 Å². The van der Waals surface area contributed by atoms with Crippen LogP contribution < -0.4 is 0 Å². The van der Waals surface area contributed by atoms with Gasteiger partial charge in [0.1, 0.15) is 5.75 Å². The van der Waals surface area contributed by atoms with E-state index in [2.05, 4.69) is 13.2 Å². The molecule has 1 aromatic rings. The average Bonchev–Trinajstić information content (AvgIpc) is 2.09. The molecule has 0 aliphatic heterocycles. The first kappa shape index (κ1) is 9.46. The van der Waals surface area contributed by atoms with Crippen molar-refractivity contribution in [3.05, 3.63) is 29.8 Å². The topological polar surface area (TPSA) is 20.2 Å². The normalized spacial score (nSPS) is 12.8. The highest BCUT2D eigenvalue weighted by molar-refractivity contribution is 7.99.